The number of carbonyl (C=O) groups is 2. The molecule has 134 valence electrons. The second-order valence-corrected chi connectivity index (χ2v) is 6.39. The van der Waals surface area contributed by atoms with Crippen LogP contribution in [0.3, 0.4) is 0 Å². The van der Waals surface area contributed by atoms with E-state index in [0.29, 0.717) is 19.3 Å². The monoisotopic (exact) mass is 342 g/mol. The number of aromatic amines is 1. The summed E-state index contributed by atoms with van der Waals surface area (Å²) < 4.78 is 0. The predicted molar refractivity (Wildman–Crippen MR) is 98.3 cm³/mol. The SMILES string of the molecule is CCCC(=O)Nc1ccc(CC(=O)NC(C)Cc2cc(C)[nH]n2)cc1. The standard InChI is InChI=1S/C19H26N4O2/c1-4-5-18(24)21-16-8-6-15(7-9-16)12-19(25)20-13(2)10-17-11-14(3)22-23-17/h6-9,11,13H,4-5,10,12H2,1-3H3,(H,20,25)(H,21,24)(H,22,23). The Labute approximate surface area is 148 Å². The van der Waals surface area contributed by atoms with Crippen LogP contribution in [0.25, 0.3) is 0 Å². The van der Waals surface area contributed by atoms with Gasteiger partial charge in [-0.2, -0.15) is 5.10 Å². The summed E-state index contributed by atoms with van der Waals surface area (Å²) in [6.45, 7) is 5.89. The molecule has 1 aromatic heterocycles. The molecule has 0 saturated heterocycles. The van der Waals surface area contributed by atoms with Gasteiger partial charge in [-0.15, -0.1) is 0 Å². The molecule has 1 heterocycles. The number of aryl methyl sites for hydroxylation is 1. The average molecular weight is 342 g/mol. The van der Waals surface area contributed by atoms with Crippen molar-refractivity contribution in [1.29, 1.82) is 0 Å². The molecule has 1 aromatic carbocycles. The van der Waals surface area contributed by atoms with E-state index in [1.807, 2.05) is 51.1 Å². The maximum absolute atomic E-state index is 12.2. The van der Waals surface area contributed by atoms with Crippen molar-refractivity contribution in [3.8, 4) is 0 Å². The minimum atomic E-state index is -0.0254. The van der Waals surface area contributed by atoms with Gasteiger partial charge in [0.2, 0.25) is 11.8 Å². The number of H-pyrrole nitrogens is 1. The van der Waals surface area contributed by atoms with Crippen LogP contribution < -0.4 is 10.6 Å². The second kappa shape index (κ2) is 9.01. The first-order valence-corrected chi connectivity index (χ1v) is 8.65. The number of amides is 2. The summed E-state index contributed by atoms with van der Waals surface area (Å²) in [5.74, 6) is -0.0158. The number of benzene rings is 1. The molecular formula is C19H26N4O2. The zero-order valence-corrected chi connectivity index (χ0v) is 15.1. The summed E-state index contributed by atoms with van der Waals surface area (Å²) in [7, 11) is 0. The van der Waals surface area contributed by atoms with E-state index in [2.05, 4.69) is 20.8 Å². The Bertz CT molecular complexity index is 706. The molecule has 6 heteroatoms. The first-order chi connectivity index (χ1) is 12.0. The van der Waals surface area contributed by atoms with Crippen LogP contribution in [0, 0.1) is 6.92 Å². The third-order valence-electron chi connectivity index (χ3n) is 3.76. The summed E-state index contributed by atoms with van der Waals surface area (Å²) in [5.41, 5.74) is 3.62. The summed E-state index contributed by atoms with van der Waals surface area (Å²) in [6.07, 6.45) is 2.34. The molecule has 25 heavy (non-hydrogen) atoms. The molecule has 0 spiro atoms. The Morgan fingerprint density at radius 1 is 1.20 bits per heavy atom. The van der Waals surface area contributed by atoms with E-state index in [9.17, 15) is 9.59 Å². The molecule has 0 bridgehead atoms. The van der Waals surface area contributed by atoms with E-state index in [0.717, 1.165) is 29.1 Å². The summed E-state index contributed by atoms with van der Waals surface area (Å²) in [4.78, 5) is 23.7. The van der Waals surface area contributed by atoms with Gasteiger partial charge in [-0.25, -0.2) is 0 Å². The Morgan fingerprint density at radius 3 is 2.52 bits per heavy atom. The lowest BCUT2D eigenvalue weighted by molar-refractivity contribution is -0.121. The minimum absolute atomic E-state index is 0.00965. The number of anilines is 1. The molecule has 1 unspecified atom stereocenters. The number of aromatic nitrogens is 2. The lowest BCUT2D eigenvalue weighted by Gasteiger charge is -2.13. The van der Waals surface area contributed by atoms with Crippen molar-refractivity contribution < 1.29 is 9.59 Å². The van der Waals surface area contributed by atoms with E-state index in [4.69, 9.17) is 0 Å². The Kier molecular flexibility index (Phi) is 6.74. The highest BCUT2D eigenvalue weighted by molar-refractivity contribution is 5.90. The molecule has 2 rings (SSSR count). The van der Waals surface area contributed by atoms with E-state index < -0.39 is 0 Å². The Hall–Kier alpha value is -2.63. The fourth-order valence-electron chi connectivity index (χ4n) is 2.61. The molecule has 0 fully saturated rings. The zero-order valence-electron chi connectivity index (χ0n) is 15.1. The van der Waals surface area contributed by atoms with Gasteiger partial charge in [0.05, 0.1) is 12.1 Å². The van der Waals surface area contributed by atoms with Gasteiger partial charge < -0.3 is 10.6 Å². The number of rotatable bonds is 8. The summed E-state index contributed by atoms with van der Waals surface area (Å²) >= 11 is 0. The van der Waals surface area contributed by atoms with Gasteiger partial charge in [0, 0.05) is 30.3 Å². The Morgan fingerprint density at radius 2 is 1.92 bits per heavy atom. The fourth-order valence-corrected chi connectivity index (χ4v) is 2.61. The van der Waals surface area contributed by atoms with Gasteiger partial charge in [-0.3, -0.25) is 14.7 Å². The van der Waals surface area contributed by atoms with E-state index in [1.54, 1.807) is 0 Å². The molecule has 0 aliphatic carbocycles. The molecule has 0 saturated carbocycles. The smallest absolute Gasteiger partial charge is 0.224 e. The van der Waals surface area contributed by atoms with Gasteiger partial charge in [0.1, 0.15) is 0 Å². The van der Waals surface area contributed by atoms with Crippen LogP contribution in [0.15, 0.2) is 30.3 Å². The molecule has 2 amide bonds. The first-order valence-electron chi connectivity index (χ1n) is 8.65. The van der Waals surface area contributed by atoms with E-state index in [1.165, 1.54) is 0 Å². The lowest BCUT2D eigenvalue weighted by atomic mass is 10.1. The quantitative estimate of drug-likeness (QED) is 0.689. The highest BCUT2D eigenvalue weighted by Crippen LogP contribution is 2.11. The van der Waals surface area contributed by atoms with Gasteiger partial charge in [0.25, 0.3) is 0 Å². The molecule has 6 nitrogen and oxygen atoms in total. The van der Waals surface area contributed by atoms with E-state index in [-0.39, 0.29) is 17.9 Å². The summed E-state index contributed by atoms with van der Waals surface area (Å²) in [6, 6.07) is 9.38. The second-order valence-electron chi connectivity index (χ2n) is 6.39. The lowest BCUT2D eigenvalue weighted by Crippen LogP contribution is -2.35. The van der Waals surface area contributed by atoms with Gasteiger partial charge in [-0.1, -0.05) is 19.1 Å². The van der Waals surface area contributed by atoms with Crippen LogP contribution in [-0.4, -0.2) is 28.1 Å². The largest absolute Gasteiger partial charge is 0.353 e. The van der Waals surface area contributed by atoms with Crippen LogP contribution >= 0.6 is 0 Å². The van der Waals surface area contributed by atoms with Crippen molar-refractivity contribution in [3.05, 3.63) is 47.3 Å². The first kappa shape index (κ1) is 18.7. The average Bonchev–Trinajstić information content (AvgIpc) is 2.94. The normalized spacial score (nSPS) is 11.8. The number of hydrogen-bond acceptors (Lipinski definition) is 3. The van der Waals surface area contributed by atoms with Crippen molar-refractivity contribution in [2.45, 2.75) is 52.5 Å². The highest BCUT2D eigenvalue weighted by atomic mass is 16.2. The van der Waals surface area contributed by atoms with Gasteiger partial charge >= 0.3 is 0 Å². The summed E-state index contributed by atoms with van der Waals surface area (Å²) in [5, 5.41) is 12.9. The number of hydrogen-bond donors (Lipinski definition) is 3. The molecule has 0 aliphatic rings. The van der Waals surface area contributed by atoms with Crippen molar-refractivity contribution in [1.82, 2.24) is 15.5 Å². The van der Waals surface area contributed by atoms with E-state index >= 15 is 0 Å². The number of nitrogens with one attached hydrogen (secondary N) is 3. The third-order valence-corrected chi connectivity index (χ3v) is 3.76. The van der Waals surface area contributed by atoms with Crippen LogP contribution in [0.4, 0.5) is 5.69 Å². The maximum Gasteiger partial charge on any atom is 0.224 e. The topological polar surface area (TPSA) is 86.9 Å². The van der Waals surface area contributed by atoms with Gasteiger partial charge in [0.15, 0.2) is 0 Å². The zero-order chi connectivity index (χ0) is 18.2. The molecule has 3 N–H and O–H groups in total. The predicted octanol–water partition coefficient (Wildman–Crippen LogP) is 2.75. The number of carbonyl (C=O) groups excluding carboxylic acids is 2. The maximum atomic E-state index is 12.2. The minimum Gasteiger partial charge on any atom is -0.353 e. The van der Waals surface area contributed by atoms with Crippen molar-refractivity contribution in [3.63, 3.8) is 0 Å². The highest BCUT2D eigenvalue weighted by Gasteiger charge is 2.11. The molecule has 0 radical (unpaired) electrons. The Balaban J connectivity index is 1.80. The van der Waals surface area contributed by atoms with Crippen molar-refractivity contribution in [2.75, 3.05) is 5.32 Å². The van der Waals surface area contributed by atoms with Crippen molar-refractivity contribution >= 4 is 17.5 Å². The van der Waals surface area contributed by atoms with Crippen LogP contribution in [0.2, 0.25) is 0 Å². The van der Waals surface area contributed by atoms with Gasteiger partial charge in [-0.05, 0) is 44.0 Å². The molecule has 0 aliphatic heterocycles. The van der Waals surface area contributed by atoms with Crippen LogP contribution in [0.1, 0.15) is 43.6 Å². The van der Waals surface area contributed by atoms with Crippen molar-refractivity contribution in [2.24, 2.45) is 0 Å². The molecular weight excluding hydrogens is 316 g/mol. The number of nitrogens with zero attached hydrogens (tertiary/aromatic N) is 1. The fraction of sp³-hybridized carbons (Fsp3) is 0.421. The molecule has 2 aromatic rings. The third kappa shape index (κ3) is 6.41. The van der Waals surface area contributed by atoms with Crippen LogP contribution in [-0.2, 0) is 22.4 Å². The van der Waals surface area contributed by atoms with Crippen LogP contribution in [0.5, 0.6) is 0 Å². The molecule has 1 atom stereocenters.